The Balaban J connectivity index is 1.77. The van der Waals surface area contributed by atoms with Crippen molar-refractivity contribution in [3.05, 3.63) is 62.1 Å². The second kappa shape index (κ2) is 7.63. The molecule has 0 radical (unpaired) electrons. The summed E-state index contributed by atoms with van der Waals surface area (Å²) in [4.78, 5) is 40.5. The lowest BCUT2D eigenvalue weighted by atomic mass is 10.2. The van der Waals surface area contributed by atoms with Gasteiger partial charge in [0.25, 0.3) is 5.56 Å². The highest BCUT2D eigenvalue weighted by molar-refractivity contribution is 7.17. The first-order valence-electron chi connectivity index (χ1n) is 9.20. The predicted octanol–water partition coefficient (Wildman–Crippen LogP) is 1.90. The fourth-order valence-electron chi connectivity index (χ4n) is 3.58. The molecule has 1 fully saturated rings. The molecule has 0 saturated carbocycles. The molecule has 3 heterocycles. The number of fused-ring (bicyclic) bond motifs is 1. The standard InChI is InChI=1S/C20H21N3O4S/c1-27-15-6-4-5-14(11-15)12-23-19(25)18-16(7-10-28-18)22(20(23)26)13-17(24)21-8-2-3-9-21/h4-7,10-11H,2-3,8-9,12-13H2,1H3. The van der Waals surface area contributed by atoms with Crippen molar-refractivity contribution in [2.24, 2.45) is 0 Å². The lowest BCUT2D eigenvalue weighted by molar-refractivity contribution is -0.130. The van der Waals surface area contributed by atoms with E-state index in [1.807, 2.05) is 18.2 Å². The first kappa shape index (κ1) is 18.5. The van der Waals surface area contributed by atoms with Crippen molar-refractivity contribution in [1.29, 1.82) is 0 Å². The molecule has 0 unspecified atom stereocenters. The zero-order chi connectivity index (χ0) is 19.7. The van der Waals surface area contributed by atoms with E-state index in [1.54, 1.807) is 29.5 Å². The van der Waals surface area contributed by atoms with Gasteiger partial charge >= 0.3 is 5.69 Å². The minimum absolute atomic E-state index is 0.0511. The molecule has 146 valence electrons. The third kappa shape index (κ3) is 3.35. The van der Waals surface area contributed by atoms with Crippen LogP contribution in [0.3, 0.4) is 0 Å². The molecule has 0 atom stereocenters. The number of methoxy groups -OCH3 is 1. The van der Waals surface area contributed by atoms with Crippen LogP contribution < -0.4 is 16.0 Å². The molecule has 1 aliphatic heterocycles. The van der Waals surface area contributed by atoms with E-state index in [9.17, 15) is 14.4 Å². The highest BCUT2D eigenvalue weighted by Gasteiger charge is 2.21. The van der Waals surface area contributed by atoms with Crippen molar-refractivity contribution in [2.75, 3.05) is 20.2 Å². The summed E-state index contributed by atoms with van der Waals surface area (Å²) in [5.74, 6) is 0.575. The van der Waals surface area contributed by atoms with Crippen LogP contribution in [-0.2, 0) is 17.9 Å². The van der Waals surface area contributed by atoms with Crippen LogP contribution in [0, 0.1) is 0 Å². The molecule has 28 heavy (non-hydrogen) atoms. The van der Waals surface area contributed by atoms with Crippen LogP contribution in [0.4, 0.5) is 0 Å². The number of likely N-dealkylation sites (tertiary alicyclic amines) is 1. The van der Waals surface area contributed by atoms with Crippen molar-refractivity contribution < 1.29 is 9.53 Å². The van der Waals surface area contributed by atoms with Gasteiger partial charge in [-0.1, -0.05) is 12.1 Å². The molecule has 0 bridgehead atoms. The van der Waals surface area contributed by atoms with Gasteiger partial charge in [0.1, 0.15) is 17.0 Å². The van der Waals surface area contributed by atoms with E-state index in [4.69, 9.17) is 4.74 Å². The highest BCUT2D eigenvalue weighted by Crippen LogP contribution is 2.17. The molecule has 3 aromatic rings. The van der Waals surface area contributed by atoms with Gasteiger partial charge < -0.3 is 9.64 Å². The first-order valence-corrected chi connectivity index (χ1v) is 10.1. The number of benzene rings is 1. The smallest absolute Gasteiger partial charge is 0.332 e. The van der Waals surface area contributed by atoms with E-state index in [1.165, 1.54) is 20.5 Å². The Morgan fingerprint density at radius 1 is 1.14 bits per heavy atom. The quantitative estimate of drug-likeness (QED) is 0.657. The van der Waals surface area contributed by atoms with Gasteiger partial charge in [0.05, 0.1) is 19.2 Å². The maximum atomic E-state index is 13.1. The van der Waals surface area contributed by atoms with Crippen molar-refractivity contribution >= 4 is 27.5 Å². The molecule has 1 saturated heterocycles. The number of nitrogens with zero attached hydrogens (tertiary/aromatic N) is 3. The van der Waals surface area contributed by atoms with Crippen molar-refractivity contribution in [3.8, 4) is 5.75 Å². The largest absolute Gasteiger partial charge is 0.497 e. The summed E-state index contributed by atoms with van der Waals surface area (Å²) in [5.41, 5.74) is 0.510. The van der Waals surface area contributed by atoms with Gasteiger partial charge in [-0.05, 0) is 42.0 Å². The monoisotopic (exact) mass is 399 g/mol. The van der Waals surface area contributed by atoms with Gasteiger partial charge in [0, 0.05) is 13.1 Å². The van der Waals surface area contributed by atoms with Gasteiger partial charge in [-0.15, -0.1) is 11.3 Å². The average molecular weight is 399 g/mol. The topological polar surface area (TPSA) is 73.5 Å². The van der Waals surface area contributed by atoms with Gasteiger partial charge in [-0.2, -0.15) is 0 Å². The van der Waals surface area contributed by atoms with E-state index in [2.05, 4.69) is 0 Å². The van der Waals surface area contributed by atoms with Crippen molar-refractivity contribution in [2.45, 2.75) is 25.9 Å². The van der Waals surface area contributed by atoms with E-state index in [0.717, 1.165) is 31.5 Å². The molecular formula is C20H21N3O4S. The maximum absolute atomic E-state index is 13.1. The van der Waals surface area contributed by atoms with Crippen LogP contribution in [0.15, 0.2) is 45.3 Å². The van der Waals surface area contributed by atoms with E-state index >= 15 is 0 Å². The van der Waals surface area contributed by atoms with Gasteiger partial charge in [0.15, 0.2) is 0 Å². The maximum Gasteiger partial charge on any atom is 0.332 e. The number of aromatic nitrogens is 2. The molecule has 1 aliphatic rings. The van der Waals surface area contributed by atoms with Crippen LogP contribution in [0.1, 0.15) is 18.4 Å². The Kier molecular flexibility index (Phi) is 5.04. The molecule has 2 aromatic heterocycles. The number of ether oxygens (including phenoxy) is 1. The third-order valence-electron chi connectivity index (χ3n) is 5.06. The molecule has 0 N–H and O–H groups in total. The number of hydrogen-bond acceptors (Lipinski definition) is 5. The Labute approximate surface area is 165 Å². The summed E-state index contributed by atoms with van der Waals surface area (Å²) < 4.78 is 8.33. The van der Waals surface area contributed by atoms with Crippen molar-refractivity contribution in [1.82, 2.24) is 14.0 Å². The molecule has 8 heteroatoms. The summed E-state index contributed by atoms with van der Waals surface area (Å²) in [5, 5.41) is 1.78. The fraction of sp³-hybridized carbons (Fsp3) is 0.350. The number of hydrogen-bond donors (Lipinski definition) is 0. The molecule has 1 amide bonds. The predicted molar refractivity (Wildman–Crippen MR) is 108 cm³/mol. The zero-order valence-corrected chi connectivity index (χ0v) is 16.4. The van der Waals surface area contributed by atoms with Crippen LogP contribution in [0.25, 0.3) is 10.2 Å². The van der Waals surface area contributed by atoms with Crippen molar-refractivity contribution in [3.63, 3.8) is 0 Å². The summed E-state index contributed by atoms with van der Waals surface area (Å²) in [6.07, 6.45) is 1.98. The van der Waals surface area contributed by atoms with E-state index in [-0.39, 0.29) is 24.6 Å². The Hall–Kier alpha value is -2.87. The number of amides is 1. The zero-order valence-electron chi connectivity index (χ0n) is 15.6. The van der Waals surface area contributed by atoms with E-state index < -0.39 is 5.69 Å². The Morgan fingerprint density at radius 2 is 1.93 bits per heavy atom. The molecule has 0 spiro atoms. The first-order chi connectivity index (χ1) is 13.6. The summed E-state index contributed by atoms with van der Waals surface area (Å²) >= 11 is 1.29. The summed E-state index contributed by atoms with van der Waals surface area (Å²) in [6, 6.07) is 8.99. The molecule has 7 nitrogen and oxygen atoms in total. The fourth-order valence-corrected chi connectivity index (χ4v) is 4.42. The minimum Gasteiger partial charge on any atom is -0.497 e. The highest BCUT2D eigenvalue weighted by atomic mass is 32.1. The van der Waals surface area contributed by atoms with Crippen LogP contribution in [0.2, 0.25) is 0 Å². The summed E-state index contributed by atoms with van der Waals surface area (Å²) in [7, 11) is 1.57. The van der Waals surface area contributed by atoms with Crippen LogP contribution in [-0.4, -0.2) is 40.1 Å². The number of carbonyl (C=O) groups excluding carboxylic acids is 1. The lowest BCUT2D eigenvalue weighted by Gasteiger charge is -2.17. The van der Waals surface area contributed by atoms with Gasteiger partial charge in [-0.3, -0.25) is 18.7 Å². The SMILES string of the molecule is COc1cccc(Cn2c(=O)c3sccc3n(CC(=O)N3CCCC3)c2=O)c1. The second-order valence-corrected chi connectivity index (χ2v) is 7.75. The average Bonchev–Trinajstić information content (AvgIpc) is 3.40. The van der Waals surface area contributed by atoms with Gasteiger partial charge in [0.2, 0.25) is 5.91 Å². The van der Waals surface area contributed by atoms with Crippen LogP contribution in [0.5, 0.6) is 5.75 Å². The minimum atomic E-state index is -0.466. The molecule has 4 rings (SSSR count). The second-order valence-electron chi connectivity index (χ2n) is 6.83. The number of carbonyl (C=O) groups is 1. The molecule has 1 aromatic carbocycles. The van der Waals surface area contributed by atoms with Gasteiger partial charge in [-0.25, -0.2) is 4.79 Å². The third-order valence-corrected chi connectivity index (χ3v) is 5.96. The number of thiophene rings is 1. The lowest BCUT2D eigenvalue weighted by Crippen LogP contribution is -2.42. The summed E-state index contributed by atoms with van der Waals surface area (Å²) in [6.45, 7) is 1.53. The molecular weight excluding hydrogens is 378 g/mol. The molecule has 0 aliphatic carbocycles. The number of rotatable bonds is 5. The normalized spacial score (nSPS) is 14.0. The Bertz CT molecular complexity index is 1140. The Morgan fingerprint density at radius 3 is 2.68 bits per heavy atom. The van der Waals surface area contributed by atoms with E-state index in [0.29, 0.717) is 16.0 Å². The van der Waals surface area contributed by atoms with Crippen LogP contribution >= 0.6 is 11.3 Å².